The van der Waals surface area contributed by atoms with Gasteiger partial charge in [-0.05, 0) is 13.8 Å². The number of nitrogen functional groups attached to an aromatic ring is 1. The van der Waals surface area contributed by atoms with E-state index in [9.17, 15) is 8.78 Å². The van der Waals surface area contributed by atoms with Crippen molar-refractivity contribution in [1.29, 1.82) is 0 Å². The second-order valence-electron chi connectivity index (χ2n) is 4.62. The fraction of sp³-hybridized carbons (Fsp3) is 0.700. The molecule has 1 aromatic rings. The van der Waals surface area contributed by atoms with Crippen molar-refractivity contribution in [2.24, 2.45) is 5.41 Å². The Bertz CT molecular complexity index is 350. The molecule has 0 bridgehead atoms. The van der Waals surface area contributed by atoms with Crippen molar-refractivity contribution in [3.8, 4) is 0 Å². The standard InChI is InChI=1S/C10H17F2N3/c1-7-8(13)5-14-15(7)6-9(2,3)10(4,11)12/h5H,6,13H2,1-4H3. The van der Waals surface area contributed by atoms with Crippen molar-refractivity contribution in [3.63, 3.8) is 0 Å². The van der Waals surface area contributed by atoms with Gasteiger partial charge in [-0.3, -0.25) is 4.68 Å². The molecule has 0 spiro atoms. The number of halogens is 2. The lowest BCUT2D eigenvalue weighted by molar-refractivity contribution is -0.0974. The van der Waals surface area contributed by atoms with Gasteiger partial charge in [0.05, 0.1) is 24.1 Å². The van der Waals surface area contributed by atoms with Crippen LogP contribution in [0, 0.1) is 12.3 Å². The highest BCUT2D eigenvalue weighted by atomic mass is 19.3. The van der Waals surface area contributed by atoms with Gasteiger partial charge in [-0.1, -0.05) is 13.8 Å². The normalized spacial score (nSPS) is 13.2. The molecule has 0 saturated carbocycles. The number of hydrogen-bond acceptors (Lipinski definition) is 2. The van der Waals surface area contributed by atoms with Crippen LogP contribution in [-0.4, -0.2) is 15.7 Å². The van der Waals surface area contributed by atoms with E-state index in [0.717, 1.165) is 12.6 Å². The smallest absolute Gasteiger partial charge is 0.252 e. The van der Waals surface area contributed by atoms with Crippen LogP contribution < -0.4 is 5.73 Å². The van der Waals surface area contributed by atoms with Gasteiger partial charge >= 0.3 is 0 Å². The summed E-state index contributed by atoms with van der Waals surface area (Å²) in [5, 5.41) is 3.97. The van der Waals surface area contributed by atoms with Crippen LogP contribution >= 0.6 is 0 Å². The van der Waals surface area contributed by atoms with Gasteiger partial charge in [-0.15, -0.1) is 0 Å². The van der Waals surface area contributed by atoms with Gasteiger partial charge in [-0.25, -0.2) is 8.78 Å². The van der Waals surface area contributed by atoms with E-state index in [1.54, 1.807) is 6.92 Å². The molecule has 0 aliphatic rings. The van der Waals surface area contributed by atoms with Crippen molar-refractivity contribution < 1.29 is 8.78 Å². The largest absolute Gasteiger partial charge is 0.396 e. The molecule has 0 fully saturated rings. The summed E-state index contributed by atoms with van der Waals surface area (Å²) < 4.78 is 28.0. The maximum absolute atomic E-state index is 13.3. The van der Waals surface area contributed by atoms with Crippen LogP contribution in [0.5, 0.6) is 0 Å². The van der Waals surface area contributed by atoms with Gasteiger partial charge in [0, 0.05) is 5.41 Å². The van der Waals surface area contributed by atoms with Crippen molar-refractivity contribution >= 4 is 5.69 Å². The lowest BCUT2D eigenvalue weighted by Crippen LogP contribution is -2.37. The predicted octanol–water partition coefficient (Wildman–Crippen LogP) is 2.46. The molecule has 86 valence electrons. The third-order valence-corrected chi connectivity index (χ3v) is 2.87. The zero-order valence-electron chi connectivity index (χ0n) is 9.51. The molecule has 0 radical (unpaired) electrons. The molecule has 0 aromatic carbocycles. The molecular weight excluding hydrogens is 200 g/mol. The van der Waals surface area contributed by atoms with Gasteiger partial charge in [0.1, 0.15) is 0 Å². The summed E-state index contributed by atoms with van der Waals surface area (Å²) in [6.07, 6.45) is 1.49. The minimum atomic E-state index is -2.75. The Balaban J connectivity index is 2.92. The average Bonchev–Trinajstić information content (AvgIpc) is 2.33. The minimum absolute atomic E-state index is 0.152. The number of rotatable bonds is 3. The number of aromatic nitrogens is 2. The highest BCUT2D eigenvalue weighted by molar-refractivity contribution is 5.39. The number of nitrogens with zero attached hydrogens (tertiary/aromatic N) is 2. The fourth-order valence-corrected chi connectivity index (χ4v) is 1.13. The lowest BCUT2D eigenvalue weighted by atomic mass is 9.86. The van der Waals surface area contributed by atoms with Gasteiger partial charge in [0.25, 0.3) is 5.92 Å². The van der Waals surface area contributed by atoms with Crippen LogP contribution in [-0.2, 0) is 6.54 Å². The topological polar surface area (TPSA) is 43.8 Å². The Hall–Kier alpha value is -1.13. The van der Waals surface area contributed by atoms with E-state index in [0.29, 0.717) is 5.69 Å². The SMILES string of the molecule is Cc1c(N)cnn1CC(C)(C)C(C)(F)F. The van der Waals surface area contributed by atoms with Gasteiger partial charge in [-0.2, -0.15) is 5.10 Å². The van der Waals surface area contributed by atoms with E-state index in [1.165, 1.54) is 24.7 Å². The number of nitrogens with two attached hydrogens (primary N) is 1. The van der Waals surface area contributed by atoms with Gasteiger partial charge in [0.2, 0.25) is 0 Å². The maximum Gasteiger partial charge on any atom is 0.252 e. The molecule has 0 amide bonds. The molecule has 1 rings (SSSR count). The first-order valence-corrected chi connectivity index (χ1v) is 4.81. The average molecular weight is 217 g/mol. The summed E-state index contributed by atoms with van der Waals surface area (Å²) in [6, 6.07) is 0. The fourth-order valence-electron chi connectivity index (χ4n) is 1.13. The van der Waals surface area contributed by atoms with Crippen LogP contribution in [0.1, 0.15) is 26.5 Å². The molecule has 2 N–H and O–H groups in total. The Morgan fingerprint density at radius 2 is 1.93 bits per heavy atom. The van der Waals surface area contributed by atoms with E-state index in [1.807, 2.05) is 0 Å². The van der Waals surface area contributed by atoms with Crippen LogP contribution in [0.3, 0.4) is 0 Å². The summed E-state index contributed by atoms with van der Waals surface area (Å²) in [4.78, 5) is 0. The first-order valence-electron chi connectivity index (χ1n) is 4.81. The first-order chi connectivity index (χ1) is 6.65. The molecule has 0 aliphatic heterocycles. The molecule has 1 heterocycles. The molecule has 1 aromatic heterocycles. The van der Waals surface area contributed by atoms with E-state index in [-0.39, 0.29) is 6.54 Å². The summed E-state index contributed by atoms with van der Waals surface area (Å²) in [6.45, 7) is 5.88. The van der Waals surface area contributed by atoms with Crippen LogP contribution in [0.4, 0.5) is 14.5 Å². The van der Waals surface area contributed by atoms with Crippen molar-refractivity contribution in [3.05, 3.63) is 11.9 Å². The summed E-state index contributed by atoms with van der Waals surface area (Å²) in [5.41, 5.74) is 5.72. The Kier molecular flexibility index (Phi) is 2.76. The quantitative estimate of drug-likeness (QED) is 0.845. The highest BCUT2D eigenvalue weighted by Gasteiger charge is 2.42. The molecular formula is C10H17F2N3. The number of alkyl halides is 2. The molecule has 0 unspecified atom stereocenters. The van der Waals surface area contributed by atoms with Crippen molar-refractivity contribution in [2.45, 2.75) is 40.2 Å². The predicted molar refractivity (Wildman–Crippen MR) is 55.8 cm³/mol. The zero-order chi connectivity index (χ0) is 11.9. The van der Waals surface area contributed by atoms with Crippen LogP contribution in [0.15, 0.2) is 6.20 Å². The maximum atomic E-state index is 13.3. The van der Waals surface area contributed by atoms with E-state index >= 15 is 0 Å². The monoisotopic (exact) mass is 217 g/mol. The summed E-state index contributed by atoms with van der Waals surface area (Å²) in [5.74, 6) is -2.75. The Morgan fingerprint density at radius 3 is 2.27 bits per heavy atom. The Labute approximate surface area is 88.3 Å². The Morgan fingerprint density at radius 1 is 1.40 bits per heavy atom. The van der Waals surface area contributed by atoms with Crippen LogP contribution in [0.25, 0.3) is 0 Å². The molecule has 5 heteroatoms. The molecule has 0 aliphatic carbocycles. The van der Waals surface area contributed by atoms with Crippen molar-refractivity contribution in [2.75, 3.05) is 5.73 Å². The number of hydrogen-bond donors (Lipinski definition) is 1. The second-order valence-corrected chi connectivity index (χ2v) is 4.62. The summed E-state index contributed by atoms with van der Waals surface area (Å²) in [7, 11) is 0. The van der Waals surface area contributed by atoms with Gasteiger partial charge < -0.3 is 5.73 Å². The molecule has 0 atom stereocenters. The lowest BCUT2D eigenvalue weighted by Gasteiger charge is -2.31. The molecule has 0 saturated heterocycles. The second kappa shape index (κ2) is 3.47. The van der Waals surface area contributed by atoms with Crippen LogP contribution in [0.2, 0.25) is 0 Å². The zero-order valence-corrected chi connectivity index (χ0v) is 9.51. The third kappa shape index (κ3) is 2.27. The van der Waals surface area contributed by atoms with E-state index < -0.39 is 11.3 Å². The first kappa shape index (κ1) is 11.9. The minimum Gasteiger partial charge on any atom is -0.396 e. The third-order valence-electron chi connectivity index (χ3n) is 2.87. The summed E-state index contributed by atoms with van der Waals surface area (Å²) >= 11 is 0. The van der Waals surface area contributed by atoms with Crippen molar-refractivity contribution in [1.82, 2.24) is 9.78 Å². The van der Waals surface area contributed by atoms with E-state index in [2.05, 4.69) is 5.10 Å². The molecule has 15 heavy (non-hydrogen) atoms. The van der Waals surface area contributed by atoms with E-state index in [4.69, 9.17) is 5.73 Å². The molecule has 3 nitrogen and oxygen atoms in total. The highest BCUT2D eigenvalue weighted by Crippen LogP contribution is 2.37. The number of anilines is 1. The van der Waals surface area contributed by atoms with Gasteiger partial charge in [0.15, 0.2) is 0 Å².